The van der Waals surface area contributed by atoms with Gasteiger partial charge in [-0.1, -0.05) is 6.07 Å². The lowest BCUT2D eigenvalue weighted by Crippen LogP contribution is -2.52. The van der Waals surface area contributed by atoms with Crippen molar-refractivity contribution in [3.63, 3.8) is 0 Å². The van der Waals surface area contributed by atoms with E-state index < -0.39 is 0 Å². The molecule has 3 N–H and O–H groups in total. The van der Waals surface area contributed by atoms with Crippen LogP contribution in [-0.2, 0) is 4.74 Å². The van der Waals surface area contributed by atoms with Gasteiger partial charge in [0.05, 0.1) is 26.0 Å². The van der Waals surface area contributed by atoms with E-state index in [1.165, 1.54) is 5.56 Å². The SMILES string of the molecule is COc1c(C)cc(C)cc1NCC1(CN)COC1. The zero-order chi connectivity index (χ0) is 13.2. The fraction of sp³-hybridized carbons (Fsp3) is 0.571. The number of methoxy groups -OCH3 is 1. The smallest absolute Gasteiger partial charge is 0.144 e. The lowest BCUT2D eigenvalue weighted by Gasteiger charge is -2.40. The first-order chi connectivity index (χ1) is 8.60. The number of nitrogens with two attached hydrogens (primary N) is 1. The Balaban J connectivity index is 2.13. The Morgan fingerprint density at radius 1 is 1.39 bits per heavy atom. The molecule has 4 heteroatoms. The summed E-state index contributed by atoms with van der Waals surface area (Å²) in [4.78, 5) is 0. The molecule has 0 aromatic heterocycles. The molecule has 1 aliphatic rings. The standard InChI is InChI=1S/C14H22N2O2/c1-10-4-11(2)13(17-3)12(5-10)16-7-14(6-15)8-18-9-14/h4-5,16H,6-9,15H2,1-3H3. The highest BCUT2D eigenvalue weighted by Gasteiger charge is 2.37. The second-order valence-corrected chi connectivity index (χ2v) is 5.21. The molecule has 0 amide bonds. The summed E-state index contributed by atoms with van der Waals surface area (Å²) in [6.07, 6.45) is 0. The van der Waals surface area contributed by atoms with Crippen LogP contribution in [0.5, 0.6) is 5.75 Å². The summed E-state index contributed by atoms with van der Waals surface area (Å²) in [7, 11) is 1.70. The number of benzene rings is 1. The average Bonchev–Trinajstić information content (AvgIpc) is 2.27. The Labute approximate surface area is 108 Å². The van der Waals surface area contributed by atoms with E-state index in [0.717, 1.165) is 36.8 Å². The zero-order valence-corrected chi connectivity index (χ0v) is 11.4. The first-order valence-electron chi connectivity index (χ1n) is 6.27. The molecule has 0 bridgehead atoms. The molecule has 0 atom stereocenters. The van der Waals surface area contributed by atoms with Gasteiger partial charge in [0.15, 0.2) is 0 Å². The van der Waals surface area contributed by atoms with E-state index in [9.17, 15) is 0 Å². The highest BCUT2D eigenvalue weighted by molar-refractivity contribution is 5.61. The van der Waals surface area contributed by atoms with Crippen molar-refractivity contribution in [3.8, 4) is 5.75 Å². The summed E-state index contributed by atoms with van der Waals surface area (Å²) >= 11 is 0. The lowest BCUT2D eigenvalue weighted by atomic mass is 9.86. The summed E-state index contributed by atoms with van der Waals surface area (Å²) in [5.41, 5.74) is 9.30. The molecule has 0 saturated carbocycles. The van der Waals surface area contributed by atoms with Gasteiger partial charge in [-0.25, -0.2) is 0 Å². The van der Waals surface area contributed by atoms with E-state index in [4.69, 9.17) is 15.2 Å². The predicted octanol–water partition coefficient (Wildman–Crippen LogP) is 1.70. The van der Waals surface area contributed by atoms with Gasteiger partial charge in [0.2, 0.25) is 0 Å². The van der Waals surface area contributed by atoms with E-state index >= 15 is 0 Å². The van der Waals surface area contributed by atoms with Crippen LogP contribution in [0.1, 0.15) is 11.1 Å². The third kappa shape index (κ3) is 2.44. The van der Waals surface area contributed by atoms with Crippen LogP contribution in [0, 0.1) is 19.3 Å². The van der Waals surface area contributed by atoms with E-state index in [0.29, 0.717) is 6.54 Å². The minimum absolute atomic E-state index is 0.0860. The summed E-state index contributed by atoms with van der Waals surface area (Å²) in [6, 6.07) is 4.23. The molecule has 18 heavy (non-hydrogen) atoms. The Morgan fingerprint density at radius 2 is 2.11 bits per heavy atom. The Hall–Kier alpha value is -1.26. The number of rotatable bonds is 5. The van der Waals surface area contributed by atoms with Crippen LogP contribution in [0.25, 0.3) is 0 Å². The highest BCUT2D eigenvalue weighted by atomic mass is 16.5. The molecule has 0 unspecified atom stereocenters. The zero-order valence-electron chi connectivity index (χ0n) is 11.4. The number of anilines is 1. The number of hydrogen-bond donors (Lipinski definition) is 2. The van der Waals surface area contributed by atoms with Crippen molar-refractivity contribution in [1.82, 2.24) is 0 Å². The minimum Gasteiger partial charge on any atom is -0.494 e. The molecule has 0 radical (unpaired) electrons. The molecule has 1 aromatic carbocycles. The van der Waals surface area contributed by atoms with Crippen molar-refractivity contribution in [1.29, 1.82) is 0 Å². The maximum absolute atomic E-state index is 5.81. The number of aryl methyl sites for hydroxylation is 2. The molecule has 1 saturated heterocycles. The van der Waals surface area contributed by atoms with Crippen LogP contribution in [0.2, 0.25) is 0 Å². The van der Waals surface area contributed by atoms with Crippen LogP contribution >= 0.6 is 0 Å². The fourth-order valence-corrected chi connectivity index (χ4v) is 2.32. The summed E-state index contributed by atoms with van der Waals surface area (Å²) < 4.78 is 10.7. The summed E-state index contributed by atoms with van der Waals surface area (Å²) in [5.74, 6) is 0.910. The van der Waals surface area contributed by atoms with Crippen molar-refractivity contribution in [2.45, 2.75) is 13.8 Å². The van der Waals surface area contributed by atoms with Gasteiger partial charge in [0.25, 0.3) is 0 Å². The average molecular weight is 250 g/mol. The van der Waals surface area contributed by atoms with Crippen LogP contribution < -0.4 is 15.8 Å². The monoisotopic (exact) mass is 250 g/mol. The van der Waals surface area contributed by atoms with Crippen LogP contribution in [-0.4, -0.2) is 33.4 Å². The highest BCUT2D eigenvalue weighted by Crippen LogP contribution is 2.32. The molecule has 0 aliphatic carbocycles. The van der Waals surface area contributed by atoms with Gasteiger partial charge in [-0.3, -0.25) is 0 Å². The first-order valence-corrected chi connectivity index (χ1v) is 6.27. The topological polar surface area (TPSA) is 56.5 Å². The fourth-order valence-electron chi connectivity index (χ4n) is 2.32. The van der Waals surface area contributed by atoms with Crippen LogP contribution in [0.3, 0.4) is 0 Å². The van der Waals surface area contributed by atoms with Crippen molar-refractivity contribution in [2.75, 3.05) is 38.7 Å². The maximum Gasteiger partial charge on any atom is 0.144 e. The van der Waals surface area contributed by atoms with Crippen molar-refractivity contribution in [3.05, 3.63) is 23.3 Å². The second-order valence-electron chi connectivity index (χ2n) is 5.21. The van der Waals surface area contributed by atoms with Gasteiger partial charge in [0, 0.05) is 18.5 Å². The molecule has 1 aliphatic heterocycles. The normalized spacial score (nSPS) is 17.1. The van der Waals surface area contributed by atoms with Gasteiger partial charge in [-0.15, -0.1) is 0 Å². The third-order valence-corrected chi connectivity index (χ3v) is 3.53. The molecule has 2 rings (SSSR count). The molecule has 1 aromatic rings. The van der Waals surface area contributed by atoms with Gasteiger partial charge in [0.1, 0.15) is 5.75 Å². The Kier molecular flexibility index (Phi) is 3.78. The van der Waals surface area contributed by atoms with Crippen molar-refractivity contribution < 1.29 is 9.47 Å². The van der Waals surface area contributed by atoms with Gasteiger partial charge in [-0.05, 0) is 31.0 Å². The first kappa shape index (κ1) is 13.2. The van der Waals surface area contributed by atoms with E-state index in [-0.39, 0.29) is 5.41 Å². The molecule has 1 fully saturated rings. The largest absolute Gasteiger partial charge is 0.494 e. The lowest BCUT2D eigenvalue weighted by molar-refractivity contribution is -0.0979. The molecular weight excluding hydrogens is 228 g/mol. The molecule has 100 valence electrons. The molecular formula is C14H22N2O2. The summed E-state index contributed by atoms with van der Waals surface area (Å²) in [6.45, 7) is 7.09. The Morgan fingerprint density at radius 3 is 2.61 bits per heavy atom. The van der Waals surface area contributed by atoms with Gasteiger partial charge < -0.3 is 20.5 Å². The van der Waals surface area contributed by atoms with Gasteiger partial charge in [-0.2, -0.15) is 0 Å². The minimum atomic E-state index is 0.0860. The quantitative estimate of drug-likeness (QED) is 0.835. The van der Waals surface area contributed by atoms with E-state index in [1.807, 2.05) is 0 Å². The van der Waals surface area contributed by atoms with Crippen LogP contribution in [0.4, 0.5) is 5.69 Å². The number of hydrogen-bond acceptors (Lipinski definition) is 4. The third-order valence-electron chi connectivity index (χ3n) is 3.53. The van der Waals surface area contributed by atoms with Crippen molar-refractivity contribution in [2.24, 2.45) is 11.1 Å². The van der Waals surface area contributed by atoms with Gasteiger partial charge >= 0.3 is 0 Å². The molecule has 1 heterocycles. The van der Waals surface area contributed by atoms with E-state index in [1.54, 1.807) is 7.11 Å². The predicted molar refractivity (Wildman–Crippen MR) is 73.3 cm³/mol. The Bertz CT molecular complexity index is 423. The molecule has 0 spiro atoms. The van der Waals surface area contributed by atoms with E-state index in [2.05, 4.69) is 31.3 Å². The second kappa shape index (κ2) is 5.16. The number of nitrogens with one attached hydrogen (secondary N) is 1. The van der Waals surface area contributed by atoms with Crippen molar-refractivity contribution >= 4 is 5.69 Å². The van der Waals surface area contributed by atoms with Crippen LogP contribution in [0.15, 0.2) is 12.1 Å². The maximum atomic E-state index is 5.81. The molecule has 4 nitrogen and oxygen atoms in total. The number of ether oxygens (including phenoxy) is 2. The summed E-state index contributed by atoms with van der Waals surface area (Å²) in [5, 5.41) is 3.45.